The van der Waals surface area contributed by atoms with Crippen molar-refractivity contribution in [1.82, 2.24) is 4.98 Å². The second-order valence-electron chi connectivity index (χ2n) is 2.03. The molecule has 5 heteroatoms. The monoisotopic (exact) mass is 156 g/mol. The van der Waals surface area contributed by atoms with Gasteiger partial charge >= 0.3 is 5.69 Å². The van der Waals surface area contributed by atoms with Gasteiger partial charge in [0.05, 0.1) is 4.92 Å². The van der Waals surface area contributed by atoms with Crippen LogP contribution in [0.2, 0.25) is 0 Å². The fourth-order valence-electron chi connectivity index (χ4n) is 0.654. The van der Waals surface area contributed by atoms with Crippen LogP contribution in [-0.2, 0) is 0 Å². The third-order valence-electron chi connectivity index (χ3n) is 1.17. The molecule has 0 aliphatic carbocycles. The molecule has 1 rings (SSSR count). The van der Waals surface area contributed by atoms with Gasteiger partial charge in [-0.2, -0.15) is 4.39 Å². The topological polar surface area (TPSA) is 56.0 Å². The Labute approximate surface area is 61.8 Å². The molecular weight excluding hydrogens is 151 g/mol. The highest BCUT2D eigenvalue weighted by atomic mass is 19.1. The van der Waals surface area contributed by atoms with Gasteiger partial charge in [-0.3, -0.25) is 15.1 Å². The highest BCUT2D eigenvalue weighted by Gasteiger charge is 2.13. The van der Waals surface area contributed by atoms with Crippen molar-refractivity contribution in [1.29, 1.82) is 0 Å². The van der Waals surface area contributed by atoms with Crippen LogP contribution in [0.5, 0.6) is 0 Å². The first-order chi connectivity index (χ1) is 5.11. The number of nitro groups is 1. The van der Waals surface area contributed by atoms with Crippen LogP contribution in [0.25, 0.3) is 0 Å². The van der Waals surface area contributed by atoms with Crippen molar-refractivity contribution in [2.45, 2.75) is 6.92 Å². The number of nitrogens with zero attached hydrogens (tertiary/aromatic N) is 2. The highest BCUT2D eigenvalue weighted by molar-refractivity contribution is 5.28. The standard InChI is InChI=1S/C6H5FN2O2/c1-4-2-5(7)6(3-8-4)9(10)11/h2-3H,1H3. The normalized spacial score (nSPS) is 9.64. The van der Waals surface area contributed by atoms with Crippen molar-refractivity contribution in [3.05, 3.63) is 33.9 Å². The summed E-state index contributed by atoms with van der Waals surface area (Å²) in [4.78, 5) is 12.8. The molecule has 1 aromatic rings. The van der Waals surface area contributed by atoms with E-state index in [1.165, 1.54) is 0 Å². The zero-order chi connectivity index (χ0) is 8.43. The van der Waals surface area contributed by atoms with E-state index in [-0.39, 0.29) is 0 Å². The summed E-state index contributed by atoms with van der Waals surface area (Å²) in [6, 6.07) is 1.03. The Morgan fingerprint density at radius 2 is 2.36 bits per heavy atom. The molecule has 1 aromatic heterocycles. The number of halogens is 1. The Morgan fingerprint density at radius 3 is 2.82 bits per heavy atom. The second-order valence-corrected chi connectivity index (χ2v) is 2.03. The molecule has 0 saturated carbocycles. The van der Waals surface area contributed by atoms with E-state index in [0.717, 1.165) is 12.3 Å². The molecule has 0 bridgehead atoms. The lowest BCUT2D eigenvalue weighted by Gasteiger charge is -1.92. The number of rotatable bonds is 1. The Hall–Kier alpha value is -1.52. The molecule has 0 aliphatic heterocycles. The van der Waals surface area contributed by atoms with Crippen molar-refractivity contribution in [3.8, 4) is 0 Å². The van der Waals surface area contributed by atoms with Crippen LogP contribution < -0.4 is 0 Å². The molecule has 58 valence electrons. The first kappa shape index (κ1) is 7.59. The molecule has 11 heavy (non-hydrogen) atoms. The maximum Gasteiger partial charge on any atom is 0.322 e. The first-order valence-corrected chi connectivity index (χ1v) is 2.88. The average molecular weight is 156 g/mol. The van der Waals surface area contributed by atoms with Gasteiger partial charge in [0, 0.05) is 11.8 Å². The minimum Gasteiger partial charge on any atom is -0.258 e. The summed E-state index contributed by atoms with van der Waals surface area (Å²) >= 11 is 0. The minimum absolute atomic E-state index is 0.424. The van der Waals surface area contributed by atoms with E-state index in [1.807, 2.05) is 0 Å². The number of aryl methyl sites for hydroxylation is 1. The lowest BCUT2D eigenvalue weighted by Crippen LogP contribution is -1.94. The third kappa shape index (κ3) is 1.49. The molecule has 0 N–H and O–H groups in total. The number of aromatic nitrogens is 1. The van der Waals surface area contributed by atoms with E-state index in [1.54, 1.807) is 6.92 Å². The van der Waals surface area contributed by atoms with Gasteiger partial charge in [0.1, 0.15) is 6.20 Å². The van der Waals surface area contributed by atoms with Crippen molar-refractivity contribution < 1.29 is 9.31 Å². The van der Waals surface area contributed by atoms with E-state index in [9.17, 15) is 14.5 Å². The maximum absolute atomic E-state index is 12.6. The predicted octanol–water partition coefficient (Wildman–Crippen LogP) is 1.44. The highest BCUT2D eigenvalue weighted by Crippen LogP contribution is 2.14. The fraction of sp³-hybridized carbons (Fsp3) is 0.167. The van der Waals surface area contributed by atoms with E-state index >= 15 is 0 Å². The van der Waals surface area contributed by atoms with Crippen LogP contribution in [0.3, 0.4) is 0 Å². The molecule has 0 fully saturated rings. The van der Waals surface area contributed by atoms with Crippen molar-refractivity contribution >= 4 is 5.69 Å². The Kier molecular flexibility index (Phi) is 1.80. The molecule has 1 heterocycles. The van der Waals surface area contributed by atoms with Gasteiger partial charge in [0.15, 0.2) is 0 Å². The summed E-state index contributed by atoms with van der Waals surface area (Å²) in [6.45, 7) is 1.56. The van der Waals surface area contributed by atoms with Crippen molar-refractivity contribution in [2.24, 2.45) is 0 Å². The fourth-order valence-corrected chi connectivity index (χ4v) is 0.654. The van der Waals surface area contributed by atoms with Gasteiger partial charge in [-0.15, -0.1) is 0 Å². The smallest absolute Gasteiger partial charge is 0.258 e. The average Bonchev–Trinajstić information content (AvgIpc) is 1.85. The molecule has 0 unspecified atom stereocenters. The summed E-state index contributed by atoms with van der Waals surface area (Å²) in [5, 5.41) is 10.1. The number of pyridine rings is 1. The molecule has 0 radical (unpaired) electrons. The molecular formula is C6H5FN2O2. The molecule has 0 spiro atoms. The van der Waals surface area contributed by atoms with E-state index in [0.29, 0.717) is 5.69 Å². The SMILES string of the molecule is Cc1cc(F)c([N+](=O)[O-])cn1. The van der Waals surface area contributed by atoms with Gasteiger partial charge in [-0.25, -0.2) is 0 Å². The van der Waals surface area contributed by atoms with Crippen molar-refractivity contribution in [3.63, 3.8) is 0 Å². The molecule has 0 amide bonds. The molecule has 0 atom stereocenters. The summed E-state index contributed by atoms with van der Waals surface area (Å²) in [7, 11) is 0. The van der Waals surface area contributed by atoms with Crippen molar-refractivity contribution in [2.75, 3.05) is 0 Å². The predicted molar refractivity (Wildman–Crippen MR) is 35.6 cm³/mol. The molecule has 4 nitrogen and oxygen atoms in total. The van der Waals surface area contributed by atoms with Crippen LogP contribution in [-0.4, -0.2) is 9.91 Å². The maximum atomic E-state index is 12.6. The van der Waals surface area contributed by atoms with E-state index < -0.39 is 16.4 Å². The number of hydrogen-bond donors (Lipinski definition) is 0. The summed E-state index contributed by atoms with van der Waals surface area (Å²) < 4.78 is 12.6. The zero-order valence-corrected chi connectivity index (χ0v) is 5.74. The summed E-state index contributed by atoms with van der Waals surface area (Å²) in [6.07, 6.45) is 0.907. The van der Waals surface area contributed by atoms with Gasteiger partial charge in [0.2, 0.25) is 5.82 Å². The van der Waals surface area contributed by atoms with Gasteiger partial charge in [0.25, 0.3) is 0 Å². The van der Waals surface area contributed by atoms with Gasteiger partial charge in [-0.05, 0) is 6.92 Å². The van der Waals surface area contributed by atoms with Crippen LogP contribution in [0.15, 0.2) is 12.3 Å². The van der Waals surface area contributed by atoms with Crippen LogP contribution in [0.1, 0.15) is 5.69 Å². The summed E-state index contributed by atoms with van der Waals surface area (Å²) in [5.74, 6) is -0.845. The van der Waals surface area contributed by atoms with Gasteiger partial charge in [-0.1, -0.05) is 0 Å². The lowest BCUT2D eigenvalue weighted by atomic mass is 10.3. The second kappa shape index (κ2) is 2.61. The van der Waals surface area contributed by atoms with Crippen LogP contribution >= 0.6 is 0 Å². The van der Waals surface area contributed by atoms with Crippen LogP contribution in [0, 0.1) is 22.9 Å². The molecule has 0 saturated heterocycles. The Morgan fingerprint density at radius 1 is 1.73 bits per heavy atom. The summed E-state index contributed by atoms with van der Waals surface area (Å²) in [5.41, 5.74) is -0.163. The molecule has 0 aromatic carbocycles. The Balaban J connectivity index is 3.20. The van der Waals surface area contributed by atoms with E-state index in [4.69, 9.17) is 0 Å². The van der Waals surface area contributed by atoms with Gasteiger partial charge < -0.3 is 0 Å². The van der Waals surface area contributed by atoms with E-state index in [2.05, 4.69) is 4.98 Å². The quantitative estimate of drug-likeness (QED) is 0.456. The first-order valence-electron chi connectivity index (χ1n) is 2.88. The minimum atomic E-state index is -0.845. The zero-order valence-electron chi connectivity index (χ0n) is 5.74. The third-order valence-corrected chi connectivity index (χ3v) is 1.17. The number of hydrogen-bond acceptors (Lipinski definition) is 3. The van der Waals surface area contributed by atoms with Crippen LogP contribution in [0.4, 0.5) is 10.1 Å². The Bertz CT molecular complexity index is 301. The molecule has 0 aliphatic rings. The largest absolute Gasteiger partial charge is 0.322 e. The lowest BCUT2D eigenvalue weighted by molar-refractivity contribution is -0.387.